The molecule has 35 heavy (non-hydrogen) atoms. The van der Waals surface area contributed by atoms with E-state index in [4.69, 9.17) is 32.7 Å². The van der Waals surface area contributed by atoms with Gasteiger partial charge >= 0.3 is 0 Å². The zero-order valence-corrected chi connectivity index (χ0v) is 21.7. The molecule has 0 aromatic heterocycles. The van der Waals surface area contributed by atoms with E-state index in [0.717, 1.165) is 9.87 Å². The first-order valence-corrected chi connectivity index (χ1v) is 12.9. The average molecular weight is 537 g/mol. The number of sulfonamides is 1. The van der Waals surface area contributed by atoms with Crippen molar-refractivity contribution in [1.82, 2.24) is 9.62 Å². The van der Waals surface area contributed by atoms with Crippen molar-refractivity contribution in [2.24, 2.45) is 0 Å². The average Bonchev–Trinajstić information content (AvgIpc) is 2.86. The quantitative estimate of drug-likeness (QED) is 0.388. The van der Waals surface area contributed by atoms with Gasteiger partial charge in [-0.1, -0.05) is 53.5 Å². The fourth-order valence-corrected chi connectivity index (χ4v) is 5.13. The predicted molar refractivity (Wildman–Crippen MR) is 137 cm³/mol. The number of halogens is 2. The molecule has 1 N–H and O–H groups in total. The van der Waals surface area contributed by atoms with Gasteiger partial charge in [-0.05, 0) is 53.9 Å². The van der Waals surface area contributed by atoms with E-state index in [1.54, 1.807) is 56.7 Å². The number of amides is 1. The van der Waals surface area contributed by atoms with Gasteiger partial charge < -0.3 is 14.8 Å². The highest BCUT2D eigenvalue weighted by atomic mass is 35.5. The molecule has 0 fully saturated rings. The summed E-state index contributed by atoms with van der Waals surface area (Å²) in [5.74, 6) is 0.785. The van der Waals surface area contributed by atoms with Gasteiger partial charge in [0.25, 0.3) is 0 Å². The Bertz CT molecular complexity index is 1270. The van der Waals surface area contributed by atoms with Crippen molar-refractivity contribution < 1.29 is 22.7 Å². The Morgan fingerprint density at radius 3 is 2.23 bits per heavy atom. The van der Waals surface area contributed by atoms with Gasteiger partial charge in [-0.3, -0.25) is 4.79 Å². The molecule has 0 radical (unpaired) electrons. The van der Waals surface area contributed by atoms with Gasteiger partial charge in [0.05, 0.1) is 35.7 Å². The summed E-state index contributed by atoms with van der Waals surface area (Å²) in [5, 5.41) is 3.46. The van der Waals surface area contributed by atoms with E-state index in [2.05, 4.69) is 5.32 Å². The summed E-state index contributed by atoms with van der Waals surface area (Å²) >= 11 is 12.1. The van der Waals surface area contributed by atoms with E-state index >= 15 is 0 Å². The summed E-state index contributed by atoms with van der Waals surface area (Å²) in [5.41, 5.74) is 1.55. The van der Waals surface area contributed by atoms with Crippen LogP contribution < -0.4 is 14.8 Å². The number of hydrogen-bond donors (Lipinski definition) is 1. The number of rotatable bonds is 11. The van der Waals surface area contributed by atoms with Crippen LogP contribution in [0, 0.1) is 0 Å². The molecule has 0 aliphatic heterocycles. The van der Waals surface area contributed by atoms with Gasteiger partial charge in [-0.25, -0.2) is 8.42 Å². The van der Waals surface area contributed by atoms with Crippen LogP contribution in [-0.2, 0) is 27.8 Å². The minimum atomic E-state index is -3.95. The van der Waals surface area contributed by atoms with Crippen molar-refractivity contribution in [2.75, 3.05) is 27.3 Å². The Morgan fingerprint density at radius 2 is 1.57 bits per heavy atom. The smallest absolute Gasteiger partial charge is 0.243 e. The largest absolute Gasteiger partial charge is 0.493 e. The lowest BCUT2D eigenvalue weighted by Crippen LogP contribution is -2.40. The molecule has 186 valence electrons. The lowest BCUT2D eigenvalue weighted by atomic mass is 10.1. The van der Waals surface area contributed by atoms with Crippen LogP contribution in [0.2, 0.25) is 10.0 Å². The molecule has 7 nitrogen and oxygen atoms in total. The molecule has 0 unspecified atom stereocenters. The molecular formula is C25H26Cl2N2O5S. The molecule has 3 aromatic rings. The first-order valence-electron chi connectivity index (χ1n) is 10.7. The highest BCUT2D eigenvalue weighted by Crippen LogP contribution is 2.28. The van der Waals surface area contributed by atoms with Crippen LogP contribution in [0.25, 0.3) is 0 Å². The number of carbonyl (C=O) groups is 1. The SMILES string of the molecule is COc1ccc(CCNC(=O)CN(Cc2ccc(Cl)c(Cl)c2)S(=O)(=O)c2ccccc2)cc1OC. The minimum absolute atomic E-state index is 0.0444. The molecule has 0 aliphatic carbocycles. The Hall–Kier alpha value is -2.78. The van der Waals surface area contributed by atoms with Crippen LogP contribution >= 0.6 is 23.2 Å². The standard InChI is InChI=1S/C25H26Cl2N2O5S/c1-33-23-11-9-18(15-24(23)34-2)12-13-28-25(30)17-29(16-19-8-10-21(26)22(27)14-19)35(31,32)20-6-4-3-5-7-20/h3-11,14-15H,12-13,16-17H2,1-2H3,(H,28,30). The van der Waals surface area contributed by atoms with Gasteiger partial charge in [0.1, 0.15) is 0 Å². The fraction of sp³-hybridized carbons (Fsp3) is 0.240. The molecule has 0 heterocycles. The monoisotopic (exact) mass is 536 g/mol. The third-order valence-electron chi connectivity index (χ3n) is 5.23. The molecule has 0 saturated heterocycles. The van der Waals surface area contributed by atoms with E-state index in [-0.39, 0.29) is 18.0 Å². The Balaban J connectivity index is 1.72. The number of ether oxygens (including phenoxy) is 2. The van der Waals surface area contributed by atoms with E-state index in [1.165, 1.54) is 12.1 Å². The Morgan fingerprint density at radius 1 is 0.886 bits per heavy atom. The number of nitrogens with zero attached hydrogens (tertiary/aromatic N) is 1. The van der Waals surface area contributed by atoms with Gasteiger partial charge in [-0.2, -0.15) is 4.31 Å². The van der Waals surface area contributed by atoms with Crippen LogP contribution in [-0.4, -0.2) is 45.9 Å². The maximum Gasteiger partial charge on any atom is 0.243 e. The van der Waals surface area contributed by atoms with Crippen LogP contribution in [0.15, 0.2) is 71.6 Å². The molecule has 0 aliphatic rings. The summed E-state index contributed by atoms with van der Waals surface area (Å²) in [6, 6.07) is 18.3. The normalized spacial score (nSPS) is 11.3. The molecule has 0 atom stereocenters. The van der Waals surface area contributed by atoms with Gasteiger partial charge in [-0.15, -0.1) is 0 Å². The molecule has 10 heteroatoms. The van der Waals surface area contributed by atoms with Gasteiger partial charge in [0, 0.05) is 13.1 Å². The van der Waals surface area contributed by atoms with Crippen LogP contribution in [0.1, 0.15) is 11.1 Å². The number of benzene rings is 3. The second kappa shape index (κ2) is 12.3. The molecule has 1 amide bonds. The van der Waals surface area contributed by atoms with E-state index in [0.29, 0.717) is 40.1 Å². The summed E-state index contributed by atoms with van der Waals surface area (Å²) in [7, 11) is -0.830. The Labute approximate surface area is 215 Å². The van der Waals surface area contributed by atoms with Crippen LogP contribution in [0.5, 0.6) is 11.5 Å². The highest BCUT2D eigenvalue weighted by molar-refractivity contribution is 7.89. The molecule has 0 spiro atoms. The summed E-state index contributed by atoms with van der Waals surface area (Å²) in [4.78, 5) is 12.8. The number of methoxy groups -OCH3 is 2. The van der Waals surface area contributed by atoms with Crippen molar-refractivity contribution >= 4 is 39.1 Å². The van der Waals surface area contributed by atoms with Gasteiger partial charge in [0.2, 0.25) is 15.9 Å². The zero-order valence-electron chi connectivity index (χ0n) is 19.3. The van der Waals surface area contributed by atoms with Crippen LogP contribution in [0.3, 0.4) is 0 Å². The number of hydrogen-bond acceptors (Lipinski definition) is 5. The van der Waals surface area contributed by atoms with Crippen molar-refractivity contribution in [3.63, 3.8) is 0 Å². The second-order valence-electron chi connectivity index (χ2n) is 7.62. The van der Waals surface area contributed by atoms with Crippen molar-refractivity contribution in [2.45, 2.75) is 17.9 Å². The van der Waals surface area contributed by atoms with Crippen molar-refractivity contribution in [1.29, 1.82) is 0 Å². The lowest BCUT2D eigenvalue weighted by Gasteiger charge is -2.22. The summed E-state index contributed by atoms with van der Waals surface area (Å²) in [6.07, 6.45) is 0.532. The molecule has 3 aromatic carbocycles. The third-order valence-corrected chi connectivity index (χ3v) is 7.77. The zero-order chi connectivity index (χ0) is 25.4. The predicted octanol–water partition coefficient (Wildman–Crippen LogP) is 4.56. The number of nitrogens with one attached hydrogen (secondary N) is 1. The maximum absolute atomic E-state index is 13.3. The first kappa shape index (κ1) is 26.8. The second-order valence-corrected chi connectivity index (χ2v) is 10.4. The topological polar surface area (TPSA) is 84.9 Å². The van der Waals surface area contributed by atoms with E-state index in [1.807, 2.05) is 12.1 Å². The van der Waals surface area contributed by atoms with Crippen LogP contribution in [0.4, 0.5) is 0 Å². The lowest BCUT2D eigenvalue weighted by molar-refractivity contribution is -0.121. The summed E-state index contributed by atoms with van der Waals surface area (Å²) < 4.78 is 38.3. The van der Waals surface area contributed by atoms with E-state index < -0.39 is 15.9 Å². The molecule has 0 saturated carbocycles. The number of carbonyl (C=O) groups excluding carboxylic acids is 1. The molecule has 0 bridgehead atoms. The fourth-order valence-electron chi connectivity index (χ4n) is 3.41. The molecule has 3 rings (SSSR count). The minimum Gasteiger partial charge on any atom is -0.493 e. The first-order chi connectivity index (χ1) is 16.7. The van der Waals surface area contributed by atoms with Crippen molar-refractivity contribution in [3.8, 4) is 11.5 Å². The summed E-state index contributed by atoms with van der Waals surface area (Å²) in [6.45, 7) is -0.0824. The maximum atomic E-state index is 13.3. The highest BCUT2D eigenvalue weighted by Gasteiger charge is 2.27. The Kier molecular flexibility index (Phi) is 9.40. The molecular weight excluding hydrogens is 511 g/mol. The van der Waals surface area contributed by atoms with Crippen molar-refractivity contribution in [3.05, 3.63) is 87.9 Å². The van der Waals surface area contributed by atoms with E-state index in [9.17, 15) is 13.2 Å². The third kappa shape index (κ3) is 7.11. The van der Waals surface area contributed by atoms with Gasteiger partial charge in [0.15, 0.2) is 11.5 Å².